The van der Waals surface area contributed by atoms with Crippen LogP contribution in [0, 0.1) is 25.7 Å². The zero-order chi connectivity index (χ0) is 27.3. The molecule has 0 bridgehead atoms. The Morgan fingerprint density at radius 1 is 1.30 bits per heavy atom. The molecule has 10 heteroatoms. The first-order valence-electron chi connectivity index (χ1n) is 12.2. The quantitative estimate of drug-likeness (QED) is 0.194. The van der Waals surface area contributed by atoms with Gasteiger partial charge in [-0.3, -0.25) is 9.78 Å². The van der Waals surface area contributed by atoms with Crippen LogP contribution in [0.2, 0.25) is 5.15 Å². The monoisotopic (exact) mass is 526 g/mol. The molecule has 0 aliphatic heterocycles. The van der Waals surface area contributed by atoms with E-state index >= 15 is 0 Å². The average Bonchev–Trinajstić information content (AvgIpc) is 3.14. The van der Waals surface area contributed by atoms with Gasteiger partial charge in [0, 0.05) is 29.9 Å². The Morgan fingerprint density at radius 3 is 2.70 bits per heavy atom. The molecule has 0 saturated carbocycles. The summed E-state index contributed by atoms with van der Waals surface area (Å²) in [5.74, 6) is 7.02. The van der Waals surface area contributed by atoms with Crippen LogP contribution in [0.1, 0.15) is 62.9 Å². The van der Waals surface area contributed by atoms with Crippen molar-refractivity contribution in [1.29, 1.82) is 0 Å². The highest BCUT2D eigenvalue weighted by Gasteiger charge is 2.21. The van der Waals surface area contributed by atoms with Crippen LogP contribution < -0.4 is 15.8 Å². The summed E-state index contributed by atoms with van der Waals surface area (Å²) < 4.78 is 12.9. The van der Waals surface area contributed by atoms with Crippen molar-refractivity contribution in [2.45, 2.75) is 72.6 Å². The molecular formula is C27H35ClN6O3. The number of carbonyl (C=O) groups is 1. The normalized spacial score (nSPS) is 12.2. The molecule has 0 spiro atoms. The molecule has 3 aromatic rings. The van der Waals surface area contributed by atoms with Crippen LogP contribution in [-0.2, 0) is 16.1 Å². The van der Waals surface area contributed by atoms with Gasteiger partial charge in [0.05, 0.1) is 30.3 Å². The fourth-order valence-electron chi connectivity index (χ4n) is 3.89. The number of anilines is 1. The molecule has 0 aliphatic carbocycles. The Bertz CT molecular complexity index is 1350. The lowest BCUT2D eigenvalue weighted by Gasteiger charge is -2.22. The highest BCUT2D eigenvalue weighted by molar-refractivity contribution is 6.34. The lowest BCUT2D eigenvalue weighted by Crippen LogP contribution is -2.39. The summed E-state index contributed by atoms with van der Waals surface area (Å²) in [4.78, 5) is 25.2. The van der Waals surface area contributed by atoms with Crippen molar-refractivity contribution in [1.82, 2.24) is 24.8 Å². The molecule has 0 radical (unpaired) electrons. The fraction of sp³-hybridized carbons (Fsp3) is 0.481. The molecule has 9 nitrogen and oxygen atoms in total. The highest BCUT2D eigenvalue weighted by atomic mass is 35.5. The predicted octanol–water partition coefficient (Wildman–Crippen LogP) is 4.19. The number of nitrogens with two attached hydrogens (primary N) is 1. The van der Waals surface area contributed by atoms with Gasteiger partial charge in [0.15, 0.2) is 0 Å². The van der Waals surface area contributed by atoms with Crippen LogP contribution >= 0.6 is 11.6 Å². The number of halogens is 1. The van der Waals surface area contributed by atoms with Gasteiger partial charge in [-0.15, -0.1) is 0 Å². The topological polar surface area (TPSA) is 117 Å². The van der Waals surface area contributed by atoms with Crippen molar-refractivity contribution in [3.8, 4) is 17.6 Å². The number of pyridine rings is 1. The number of nitrogen functional groups attached to an aromatic ring is 1. The number of ether oxygens (including phenoxy) is 2. The maximum atomic E-state index is 12.1. The van der Waals surface area contributed by atoms with Crippen LogP contribution in [0.3, 0.4) is 0 Å². The molecule has 0 saturated heterocycles. The second-order valence-corrected chi connectivity index (χ2v) is 10.3. The van der Waals surface area contributed by atoms with E-state index in [2.05, 4.69) is 32.1 Å². The van der Waals surface area contributed by atoms with Gasteiger partial charge in [0.1, 0.15) is 28.2 Å². The van der Waals surface area contributed by atoms with Crippen molar-refractivity contribution in [3.63, 3.8) is 0 Å². The number of aryl methyl sites for hydroxylation is 1. The first kappa shape index (κ1) is 28.2. The van der Waals surface area contributed by atoms with Crippen LogP contribution in [0.25, 0.3) is 11.0 Å². The van der Waals surface area contributed by atoms with E-state index in [9.17, 15) is 4.79 Å². The van der Waals surface area contributed by atoms with Gasteiger partial charge in [-0.1, -0.05) is 23.4 Å². The largest absolute Gasteiger partial charge is 0.496 e. The number of rotatable bonds is 8. The van der Waals surface area contributed by atoms with Crippen molar-refractivity contribution >= 4 is 34.6 Å². The molecule has 0 amide bonds. The Morgan fingerprint density at radius 2 is 2.03 bits per heavy atom. The Kier molecular flexibility index (Phi) is 9.00. The number of fused-ring (bicyclic) bond motifs is 1. The van der Waals surface area contributed by atoms with Crippen LogP contribution in [0.5, 0.6) is 5.75 Å². The van der Waals surface area contributed by atoms with Crippen LogP contribution in [0.4, 0.5) is 5.95 Å². The molecule has 0 unspecified atom stereocenters. The molecule has 0 aromatic carbocycles. The van der Waals surface area contributed by atoms with Crippen molar-refractivity contribution in [2.24, 2.45) is 0 Å². The van der Waals surface area contributed by atoms with E-state index < -0.39 is 5.60 Å². The smallest absolute Gasteiger partial charge is 0.323 e. The maximum absolute atomic E-state index is 12.1. The molecule has 3 rings (SSSR count). The molecule has 1 atom stereocenters. The number of esters is 1. The third-order valence-corrected chi connectivity index (χ3v) is 5.95. The number of hydrogen-bond acceptors (Lipinski definition) is 8. The number of nitrogens with one attached hydrogen (secondary N) is 1. The molecule has 0 fully saturated rings. The van der Waals surface area contributed by atoms with Gasteiger partial charge in [-0.25, -0.2) is 4.98 Å². The van der Waals surface area contributed by atoms with Crippen molar-refractivity contribution in [2.75, 3.05) is 19.4 Å². The molecule has 3 N–H and O–H groups in total. The minimum atomic E-state index is -0.506. The first-order chi connectivity index (χ1) is 17.4. The Balaban J connectivity index is 1.75. The minimum Gasteiger partial charge on any atom is -0.496 e. The summed E-state index contributed by atoms with van der Waals surface area (Å²) in [7, 11) is 1.65. The SMILES string of the molecule is COc1c(C)cnc(Cn2cc(C#CCCCN[C@@H](C)C(=O)OC(C)(C)C)c3c(Cl)nc(N)nc32)c1C. The van der Waals surface area contributed by atoms with Crippen LogP contribution in [0.15, 0.2) is 12.4 Å². The summed E-state index contributed by atoms with van der Waals surface area (Å²) in [6.45, 7) is 12.4. The summed E-state index contributed by atoms with van der Waals surface area (Å²) in [6, 6.07) is -0.385. The zero-order valence-corrected chi connectivity index (χ0v) is 23.3. The molecule has 3 aromatic heterocycles. The van der Waals surface area contributed by atoms with Gasteiger partial charge in [0.25, 0.3) is 0 Å². The molecule has 37 heavy (non-hydrogen) atoms. The van der Waals surface area contributed by atoms with E-state index in [-0.39, 0.29) is 23.1 Å². The van der Waals surface area contributed by atoms with Crippen LogP contribution in [-0.4, -0.2) is 50.8 Å². The van der Waals surface area contributed by atoms with Gasteiger partial charge in [-0.05, 0) is 54.5 Å². The lowest BCUT2D eigenvalue weighted by atomic mass is 10.1. The fourth-order valence-corrected chi connectivity index (χ4v) is 4.17. The highest BCUT2D eigenvalue weighted by Crippen LogP contribution is 2.29. The molecule has 198 valence electrons. The second-order valence-electron chi connectivity index (χ2n) is 9.90. The second kappa shape index (κ2) is 11.8. The van der Waals surface area contributed by atoms with E-state index in [4.69, 9.17) is 26.8 Å². The number of nitrogens with zero attached hydrogens (tertiary/aromatic N) is 4. The number of carbonyl (C=O) groups excluding carboxylic acids is 1. The first-order valence-corrected chi connectivity index (χ1v) is 12.5. The third-order valence-electron chi connectivity index (χ3n) is 5.67. The Hall–Kier alpha value is -3.35. The molecule has 3 heterocycles. The van der Waals surface area contributed by atoms with E-state index in [1.54, 1.807) is 20.2 Å². The number of unbranched alkanes of at least 4 members (excludes halogenated alkanes) is 1. The van der Waals surface area contributed by atoms with Gasteiger partial charge < -0.3 is 25.1 Å². The van der Waals surface area contributed by atoms with Crippen molar-refractivity contribution in [3.05, 3.63) is 39.9 Å². The Labute approximate surface area is 223 Å². The maximum Gasteiger partial charge on any atom is 0.323 e. The minimum absolute atomic E-state index is 0.0905. The van der Waals surface area contributed by atoms with Gasteiger partial charge in [-0.2, -0.15) is 4.98 Å². The van der Waals surface area contributed by atoms with E-state index in [0.29, 0.717) is 36.1 Å². The summed E-state index contributed by atoms with van der Waals surface area (Å²) in [6.07, 6.45) is 5.09. The number of aromatic nitrogens is 4. The summed E-state index contributed by atoms with van der Waals surface area (Å²) in [5.41, 5.74) is 9.47. The van der Waals surface area contributed by atoms with Gasteiger partial charge >= 0.3 is 5.97 Å². The van der Waals surface area contributed by atoms with Crippen molar-refractivity contribution < 1.29 is 14.3 Å². The summed E-state index contributed by atoms with van der Waals surface area (Å²) >= 11 is 6.45. The number of methoxy groups -OCH3 is 1. The van der Waals surface area contributed by atoms with Gasteiger partial charge in [0.2, 0.25) is 5.95 Å². The molecular weight excluding hydrogens is 492 g/mol. The van der Waals surface area contributed by atoms with E-state index in [1.807, 2.05) is 45.4 Å². The average molecular weight is 527 g/mol. The number of hydrogen-bond donors (Lipinski definition) is 2. The molecule has 0 aliphatic rings. The zero-order valence-electron chi connectivity index (χ0n) is 22.5. The standard InChI is InChI=1S/C27H35ClN6O3/c1-16-13-31-20(17(2)22(16)36-7)15-34-14-19(21-23(28)32-26(29)33-24(21)34)11-9-8-10-12-30-18(3)25(35)37-27(4,5)6/h13-14,18,30H,8,10,12,15H2,1-7H3,(H2,29,32,33)/t18-/m0/s1. The van der Waals surface area contributed by atoms with E-state index in [1.165, 1.54) is 0 Å². The van der Waals surface area contributed by atoms with E-state index in [0.717, 1.165) is 29.0 Å². The predicted molar refractivity (Wildman–Crippen MR) is 146 cm³/mol. The summed E-state index contributed by atoms with van der Waals surface area (Å²) in [5, 5.41) is 4.08. The third kappa shape index (κ3) is 7.12. The lowest BCUT2D eigenvalue weighted by molar-refractivity contribution is -0.156.